The average Bonchev–Trinajstić information content (AvgIpc) is 2.87. The number of aromatic nitrogens is 2. The van der Waals surface area contributed by atoms with Crippen LogP contribution in [-0.2, 0) is 6.54 Å². The second kappa shape index (κ2) is 4.43. The van der Waals surface area contributed by atoms with Crippen molar-refractivity contribution in [1.82, 2.24) is 14.9 Å². The largest absolute Gasteiger partial charge is 0.389 e. The molecule has 0 aromatic carbocycles. The van der Waals surface area contributed by atoms with Gasteiger partial charge in [0.05, 0.1) is 24.3 Å². The lowest BCUT2D eigenvalue weighted by molar-refractivity contribution is 0.0572. The highest BCUT2D eigenvalue weighted by Gasteiger charge is 2.29. The number of nitrogens with one attached hydrogen (secondary N) is 1. The first-order chi connectivity index (χ1) is 8.63. The molecule has 1 aliphatic heterocycles. The van der Waals surface area contributed by atoms with Gasteiger partial charge in [-0.3, -0.25) is 9.69 Å². The molecule has 0 saturated carbocycles. The van der Waals surface area contributed by atoms with Gasteiger partial charge in [0.1, 0.15) is 10.5 Å². The maximum Gasteiger partial charge on any atom is 0.268 e. The third-order valence-electron chi connectivity index (χ3n) is 3.07. The minimum absolute atomic E-state index is 0.134. The molecule has 0 amide bonds. The number of rotatable bonds is 2. The fraction of sp³-hybridized carbons (Fsp3) is 0.455. The number of aromatic amines is 1. The Bertz CT molecular complexity index is 613. The summed E-state index contributed by atoms with van der Waals surface area (Å²) in [4.78, 5) is 20.7. The van der Waals surface area contributed by atoms with Crippen LogP contribution in [0.15, 0.2) is 16.2 Å². The lowest BCUT2D eigenvalue weighted by Crippen LogP contribution is -2.24. The van der Waals surface area contributed by atoms with E-state index in [0.29, 0.717) is 35.7 Å². The zero-order valence-corrected chi connectivity index (χ0v) is 10.4. The summed E-state index contributed by atoms with van der Waals surface area (Å²) < 4.78 is 0.625. The molecule has 3 heterocycles. The highest BCUT2D eigenvalue weighted by atomic mass is 32.1. The van der Waals surface area contributed by atoms with Crippen LogP contribution in [0.25, 0.3) is 10.2 Å². The number of nitrogens with zero attached hydrogens (tertiary/aromatic N) is 2. The number of likely N-dealkylation sites (tertiary alicyclic amines) is 1. The van der Waals surface area contributed by atoms with Crippen molar-refractivity contribution >= 4 is 21.6 Å². The van der Waals surface area contributed by atoms with Gasteiger partial charge in [0.15, 0.2) is 0 Å². The lowest BCUT2D eigenvalue weighted by atomic mass is 10.3. The average molecular weight is 267 g/mol. The van der Waals surface area contributed by atoms with Crippen LogP contribution in [0.2, 0.25) is 0 Å². The Labute approximate surface area is 107 Å². The molecule has 3 rings (SSSR count). The van der Waals surface area contributed by atoms with E-state index in [1.807, 2.05) is 16.3 Å². The van der Waals surface area contributed by atoms with Crippen LogP contribution in [-0.4, -0.2) is 50.4 Å². The quantitative estimate of drug-likeness (QED) is 0.684. The molecule has 0 spiro atoms. The van der Waals surface area contributed by atoms with E-state index in [1.165, 1.54) is 11.3 Å². The smallest absolute Gasteiger partial charge is 0.268 e. The van der Waals surface area contributed by atoms with Gasteiger partial charge in [0, 0.05) is 13.1 Å². The molecule has 3 N–H and O–H groups in total. The van der Waals surface area contributed by atoms with Crippen LogP contribution in [0.1, 0.15) is 5.82 Å². The molecule has 18 heavy (non-hydrogen) atoms. The molecule has 2 aromatic heterocycles. The highest BCUT2D eigenvalue weighted by molar-refractivity contribution is 7.17. The maximum atomic E-state index is 11.8. The van der Waals surface area contributed by atoms with Crippen LogP contribution in [0.4, 0.5) is 0 Å². The number of hydrogen-bond acceptors (Lipinski definition) is 6. The molecule has 2 aromatic rings. The molecule has 2 atom stereocenters. The van der Waals surface area contributed by atoms with Crippen LogP contribution in [0.5, 0.6) is 0 Å². The first-order valence-corrected chi connectivity index (χ1v) is 6.56. The summed E-state index contributed by atoms with van der Waals surface area (Å²) in [5, 5.41) is 20.7. The van der Waals surface area contributed by atoms with Crippen molar-refractivity contribution in [3.63, 3.8) is 0 Å². The molecule has 1 aliphatic rings. The Kier molecular flexibility index (Phi) is 2.90. The summed E-state index contributed by atoms with van der Waals surface area (Å²) in [6.45, 7) is 1.22. The van der Waals surface area contributed by atoms with Crippen molar-refractivity contribution in [1.29, 1.82) is 0 Å². The van der Waals surface area contributed by atoms with E-state index in [9.17, 15) is 15.0 Å². The number of thiophene rings is 1. The van der Waals surface area contributed by atoms with E-state index in [4.69, 9.17) is 0 Å². The second-order valence-electron chi connectivity index (χ2n) is 4.48. The Hall–Kier alpha value is -1.28. The molecule has 1 fully saturated rings. The normalized spacial score (nSPS) is 25.0. The van der Waals surface area contributed by atoms with E-state index >= 15 is 0 Å². The summed E-state index contributed by atoms with van der Waals surface area (Å²) >= 11 is 1.37. The number of aliphatic hydroxyl groups excluding tert-OH is 2. The van der Waals surface area contributed by atoms with Gasteiger partial charge in [-0.2, -0.15) is 0 Å². The van der Waals surface area contributed by atoms with Gasteiger partial charge in [-0.15, -0.1) is 11.3 Å². The highest BCUT2D eigenvalue weighted by Crippen LogP contribution is 2.16. The summed E-state index contributed by atoms with van der Waals surface area (Å²) in [5.74, 6) is 0.562. The topological polar surface area (TPSA) is 89.5 Å². The SMILES string of the molecule is O=c1[nH]c(CN2CC(O)C(O)C2)nc2ccsc12. The molecular weight excluding hydrogens is 254 g/mol. The van der Waals surface area contributed by atoms with Crippen LogP contribution in [0, 0.1) is 0 Å². The zero-order chi connectivity index (χ0) is 12.7. The summed E-state index contributed by atoms with van der Waals surface area (Å²) in [5.41, 5.74) is 0.560. The molecule has 0 bridgehead atoms. The molecule has 1 saturated heterocycles. The van der Waals surface area contributed by atoms with Crippen molar-refractivity contribution in [2.75, 3.05) is 13.1 Å². The van der Waals surface area contributed by atoms with Crippen LogP contribution < -0.4 is 5.56 Å². The van der Waals surface area contributed by atoms with E-state index in [2.05, 4.69) is 9.97 Å². The fourth-order valence-corrected chi connectivity index (χ4v) is 2.91. The summed E-state index contributed by atoms with van der Waals surface area (Å²) in [6, 6.07) is 1.81. The molecular formula is C11H13N3O3S. The standard InChI is InChI=1S/C11H13N3O3S/c15-7-3-14(4-8(7)16)5-9-12-6-1-2-18-10(6)11(17)13-9/h1-2,7-8,15-16H,3-5H2,(H,12,13,17). The van der Waals surface area contributed by atoms with Crippen molar-refractivity contribution in [3.8, 4) is 0 Å². The van der Waals surface area contributed by atoms with Gasteiger partial charge < -0.3 is 15.2 Å². The van der Waals surface area contributed by atoms with E-state index < -0.39 is 12.2 Å². The number of H-pyrrole nitrogens is 1. The van der Waals surface area contributed by atoms with Gasteiger partial charge in [0.2, 0.25) is 0 Å². The van der Waals surface area contributed by atoms with Crippen molar-refractivity contribution in [2.24, 2.45) is 0 Å². The zero-order valence-electron chi connectivity index (χ0n) is 9.54. The van der Waals surface area contributed by atoms with Gasteiger partial charge >= 0.3 is 0 Å². The van der Waals surface area contributed by atoms with Crippen LogP contribution in [0.3, 0.4) is 0 Å². The van der Waals surface area contributed by atoms with E-state index in [-0.39, 0.29) is 5.56 Å². The minimum Gasteiger partial charge on any atom is -0.389 e. The fourth-order valence-electron chi connectivity index (χ4n) is 2.18. The van der Waals surface area contributed by atoms with Crippen molar-refractivity contribution in [2.45, 2.75) is 18.8 Å². The number of hydrogen-bond donors (Lipinski definition) is 3. The second-order valence-corrected chi connectivity index (χ2v) is 5.39. The molecule has 7 heteroatoms. The van der Waals surface area contributed by atoms with Gasteiger partial charge in [-0.1, -0.05) is 0 Å². The Balaban J connectivity index is 1.85. The number of fused-ring (bicyclic) bond motifs is 1. The number of aliphatic hydroxyl groups is 2. The third kappa shape index (κ3) is 2.05. The molecule has 0 aliphatic carbocycles. The van der Waals surface area contributed by atoms with Crippen molar-refractivity contribution in [3.05, 3.63) is 27.6 Å². The van der Waals surface area contributed by atoms with Crippen LogP contribution >= 0.6 is 11.3 Å². The summed E-state index contributed by atoms with van der Waals surface area (Å²) in [7, 11) is 0. The van der Waals surface area contributed by atoms with Gasteiger partial charge in [0.25, 0.3) is 5.56 Å². The van der Waals surface area contributed by atoms with Crippen molar-refractivity contribution < 1.29 is 10.2 Å². The maximum absolute atomic E-state index is 11.8. The molecule has 96 valence electrons. The van der Waals surface area contributed by atoms with Gasteiger partial charge in [-0.25, -0.2) is 4.98 Å². The number of β-amino-alcohol motifs (C(OH)–C–C–N with tert-alkyl or cyclic N) is 2. The van der Waals surface area contributed by atoms with E-state index in [1.54, 1.807) is 0 Å². The first-order valence-electron chi connectivity index (χ1n) is 5.68. The molecule has 0 radical (unpaired) electrons. The molecule has 2 unspecified atom stereocenters. The predicted octanol–water partition coefficient (Wildman–Crippen LogP) is -0.478. The minimum atomic E-state index is -0.721. The summed E-state index contributed by atoms with van der Waals surface area (Å²) in [6.07, 6.45) is -1.44. The monoisotopic (exact) mass is 267 g/mol. The third-order valence-corrected chi connectivity index (χ3v) is 3.97. The predicted molar refractivity (Wildman–Crippen MR) is 67.5 cm³/mol. The molecule has 6 nitrogen and oxygen atoms in total. The Morgan fingerprint density at radius 3 is 2.89 bits per heavy atom. The lowest BCUT2D eigenvalue weighted by Gasteiger charge is -2.13. The van der Waals surface area contributed by atoms with Gasteiger partial charge in [-0.05, 0) is 11.4 Å². The Morgan fingerprint density at radius 2 is 2.17 bits per heavy atom. The van der Waals surface area contributed by atoms with E-state index in [0.717, 1.165) is 0 Å². The Morgan fingerprint density at radius 1 is 1.44 bits per heavy atom. The first kappa shape index (κ1) is 11.8.